The second-order valence-corrected chi connectivity index (χ2v) is 9.35. The number of thiophene rings is 1. The third kappa shape index (κ3) is 4.50. The van der Waals surface area contributed by atoms with E-state index in [1.54, 1.807) is 21.0 Å². The molecule has 2 aromatic rings. The number of methoxy groups -OCH3 is 1. The summed E-state index contributed by atoms with van der Waals surface area (Å²) in [6.45, 7) is 5.66. The molecule has 0 bridgehead atoms. The van der Waals surface area contributed by atoms with Crippen LogP contribution in [-0.4, -0.2) is 38.0 Å². The average molecular weight is 496 g/mol. The zero-order valence-electron chi connectivity index (χ0n) is 20.3. The lowest BCUT2D eigenvalue weighted by Gasteiger charge is -2.39. The van der Waals surface area contributed by atoms with E-state index in [2.05, 4.69) is 5.32 Å². The molecular weight excluding hydrogens is 466 g/mol. The number of allylic oxidation sites excluding steroid dienone is 3. The van der Waals surface area contributed by atoms with Crippen LogP contribution in [0.5, 0.6) is 5.75 Å². The van der Waals surface area contributed by atoms with Crippen molar-refractivity contribution in [1.29, 1.82) is 0 Å². The summed E-state index contributed by atoms with van der Waals surface area (Å²) >= 11 is 1.46. The Morgan fingerprint density at radius 3 is 2.49 bits per heavy atom. The molecule has 35 heavy (non-hydrogen) atoms. The molecule has 0 fully saturated rings. The minimum atomic E-state index is -1.06. The smallest absolute Gasteiger partial charge is 0.336 e. The van der Waals surface area contributed by atoms with Gasteiger partial charge in [-0.3, -0.25) is 9.59 Å². The molecule has 7 nitrogen and oxygen atoms in total. The highest BCUT2D eigenvalue weighted by Crippen LogP contribution is 2.50. The van der Waals surface area contributed by atoms with Gasteiger partial charge in [-0.1, -0.05) is 24.3 Å². The highest BCUT2D eigenvalue weighted by Gasteiger charge is 2.49. The molecule has 1 aromatic carbocycles. The summed E-state index contributed by atoms with van der Waals surface area (Å²) in [6.07, 6.45) is 0.389. The first-order valence-corrected chi connectivity index (χ1v) is 12.6. The van der Waals surface area contributed by atoms with Gasteiger partial charge in [-0.25, -0.2) is 4.79 Å². The molecule has 1 aliphatic carbocycles. The summed E-state index contributed by atoms with van der Waals surface area (Å²) < 4.78 is 16.3. The molecule has 8 heteroatoms. The van der Waals surface area contributed by atoms with Gasteiger partial charge in [-0.05, 0) is 50.3 Å². The van der Waals surface area contributed by atoms with Crippen molar-refractivity contribution in [3.05, 3.63) is 74.8 Å². The van der Waals surface area contributed by atoms with Crippen molar-refractivity contribution in [2.45, 2.75) is 39.0 Å². The summed E-state index contributed by atoms with van der Waals surface area (Å²) in [5, 5.41) is 5.21. The van der Waals surface area contributed by atoms with E-state index >= 15 is 0 Å². The summed E-state index contributed by atoms with van der Waals surface area (Å²) in [5.41, 5.74) is 2.92. The number of dihydropyridines is 1. The van der Waals surface area contributed by atoms with Crippen LogP contribution in [0.4, 0.5) is 0 Å². The summed E-state index contributed by atoms with van der Waals surface area (Å²) in [6, 6.07) is 11.2. The van der Waals surface area contributed by atoms with Gasteiger partial charge in [0.2, 0.25) is 0 Å². The standard InChI is InChI=1S/C27H29NO6S/c1-5-33-26(30)21-15(3)28-18-14-17(16-10-7-8-11-19(16)32-4)22(27(31)34-6-2)25(29)23(18)24(21)20-12-9-13-35-20/h7-13,17,22,24,28H,5-6,14H2,1-4H3/t17-,22-,24+/m1/s1. The second kappa shape index (κ2) is 10.5. The zero-order valence-corrected chi connectivity index (χ0v) is 21.1. The molecule has 1 aromatic heterocycles. The minimum absolute atomic E-state index is 0.160. The molecule has 1 N–H and O–H groups in total. The van der Waals surface area contributed by atoms with Gasteiger partial charge in [-0.2, -0.15) is 0 Å². The van der Waals surface area contributed by atoms with Crippen molar-refractivity contribution in [2.24, 2.45) is 5.92 Å². The zero-order chi connectivity index (χ0) is 25.1. The molecule has 0 unspecified atom stereocenters. The predicted molar refractivity (Wildman–Crippen MR) is 132 cm³/mol. The topological polar surface area (TPSA) is 90.9 Å². The molecule has 2 aliphatic rings. The maximum atomic E-state index is 14.2. The van der Waals surface area contributed by atoms with E-state index in [-0.39, 0.29) is 19.0 Å². The summed E-state index contributed by atoms with van der Waals surface area (Å²) in [5.74, 6) is -2.95. The van der Waals surface area contributed by atoms with Gasteiger partial charge in [-0.15, -0.1) is 11.3 Å². The Balaban J connectivity index is 1.89. The van der Waals surface area contributed by atoms with E-state index in [4.69, 9.17) is 14.2 Å². The molecule has 2 heterocycles. The lowest BCUT2D eigenvalue weighted by molar-refractivity contribution is -0.152. The van der Waals surface area contributed by atoms with Gasteiger partial charge in [0.05, 0.1) is 31.8 Å². The summed E-state index contributed by atoms with van der Waals surface area (Å²) in [7, 11) is 1.57. The molecule has 1 aliphatic heterocycles. The first-order valence-electron chi connectivity index (χ1n) is 11.7. The van der Waals surface area contributed by atoms with Crippen molar-refractivity contribution in [3.8, 4) is 5.75 Å². The number of nitrogens with one attached hydrogen (secondary N) is 1. The summed E-state index contributed by atoms with van der Waals surface area (Å²) in [4.78, 5) is 41.3. The van der Waals surface area contributed by atoms with Crippen LogP contribution < -0.4 is 10.1 Å². The van der Waals surface area contributed by atoms with Crippen molar-refractivity contribution in [3.63, 3.8) is 0 Å². The van der Waals surface area contributed by atoms with Crippen molar-refractivity contribution >= 4 is 29.1 Å². The fourth-order valence-corrected chi connectivity index (χ4v) is 5.86. The van der Waals surface area contributed by atoms with E-state index in [0.29, 0.717) is 34.7 Å². The van der Waals surface area contributed by atoms with E-state index in [1.165, 1.54) is 11.3 Å². The molecule has 0 saturated heterocycles. The number of para-hydroxylation sites is 1. The van der Waals surface area contributed by atoms with Gasteiger partial charge in [0, 0.05) is 27.8 Å². The Labute approximate surface area is 208 Å². The van der Waals surface area contributed by atoms with E-state index in [0.717, 1.165) is 10.4 Å². The first-order chi connectivity index (χ1) is 16.9. The van der Waals surface area contributed by atoms with Gasteiger partial charge >= 0.3 is 11.9 Å². The van der Waals surface area contributed by atoms with Crippen molar-refractivity contribution < 1.29 is 28.6 Å². The van der Waals surface area contributed by atoms with Gasteiger partial charge in [0.1, 0.15) is 11.7 Å². The Morgan fingerprint density at radius 1 is 1.09 bits per heavy atom. The van der Waals surface area contributed by atoms with Crippen LogP contribution in [0.1, 0.15) is 49.5 Å². The number of rotatable bonds is 7. The number of ketones is 1. The molecule has 0 saturated carbocycles. The fraction of sp³-hybridized carbons (Fsp3) is 0.370. The maximum absolute atomic E-state index is 14.2. The predicted octanol–water partition coefficient (Wildman–Crippen LogP) is 4.47. The van der Waals surface area contributed by atoms with Crippen LogP contribution in [0.15, 0.2) is 64.3 Å². The van der Waals surface area contributed by atoms with Gasteiger partial charge in [0.15, 0.2) is 5.78 Å². The van der Waals surface area contributed by atoms with Crippen molar-refractivity contribution in [2.75, 3.05) is 20.3 Å². The van der Waals surface area contributed by atoms with Crippen LogP contribution in [-0.2, 0) is 23.9 Å². The average Bonchev–Trinajstić information content (AvgIpc) is 3.38. The number of hydrogen-bond donors (Lipinski definition) is 1. The van der Waals surface area contributed by atoms with Crippen LogP contribution in [0.2, 0.25) is 0 Å². The van der Waals surface area contributed by atoms with Crippen LogP contribution in [0.25, 0.3) is 0 Å². The minimum Gasteiger partial charge on any atom is -0.496 e. The number of Topliss-reactive ketones (excluding diaryl/α,β-unsaturated/α-hetero) is 1. The molecule has 3 atom stereocenters. The van der Waals surface area contributed by atoms with Gasteiger partial charge in [0.25, 0.3) is 0 Å². The quantitative estimate of drug-likeness (QED) is 0.448. The second-order valence-electron chi connectivity index (χ2n) is 8.37. The lowest BCUT2D eigenvalue weighted by atomic mass is 9.68. The molecule has 4 rings (SSSR count). The maximum Gasteiger partial charge on any atom is 0.336 e. The van der Waals surface area contributed by atoms with E-state index in [1.807, 2.05) is 48.7 Å². The highest BCUT2D eigenvalue weighted by molar-refractivity contribution is 7.10. The third-order valence-electron chi connectivity index (χ3n) is 6.42. The Bertz CT molecular complexity index is 1200. The molecule has 0 spiro atoms. The molecule has 184 valence electrons. The number of ether oxygens (including phenoxy) is 3. The SMILES string of the molecule is CCOC(=O)C1=C(C)NC2=C(C(=O)[C@H](C(=O)OCC)[C@@H](c3ccccc3OC)C2)[C@H]1c1cccs1. The number of carbonyl (C=O) groups is 3. The number of hydrogen-bond acceptors (Lipinski definition) is 8. The van der Waals surface area contributed by atoms with Crippen LogP contribution in [0, 0.1) is 5.92 Å². The van der Waals surface area contributed by atoms with Crippen LogP contribution in [0.3, 0.4) is 0 Å². The molecule has 0 amide bonds. The van der Waals surface area contributed by atoms with Crippen LogP contribution >= 0.6 is 11.3 Å². The Hall–Kier alpha value is -3.39. The third-order valence-corrected chi connectivity index (χ3v) is 7.36. The van der Waals surface area contributed by atoms with E-state index < -0.39 is 29.7 Å². The first kappa shape index (κ1) is 24.7. The molecule has 0 radical (unpaired) electrons. The number of esters is 2. The van der Waals surface area contributed by atoms with Crippen molar-refractivity contribution in [1.82, 2.24) is 5.32 Å². The fourth-order valence-electron chi connectivity index (χ4n) is 5.02. The lowest BCUT2D eigenvalue weighted by Crippen LogP contribution is -2.43. The highest BCUT2D eigenvalue weighted by atomic mass is 32.1. The Morgan fingerprint density at radius 2 is 1.83 bits per heavy atom. The monoisotopic (exact) mass is 495 g/mol. The molecular formula is C27H29NO6S. The number of carbonyl (C=O) groups excluding carboxylic acids is 3. The van der Waals surface area contributed by atoms with Gasteiger partial charge < -0.3 is 19.5 Å². The van der Waals surface area contributed by atoms with E-state index in [9.17, 15) is 14.4 Å². The number of benzene rings is 1. The Kier molecular flexibility index (Phi) is 7.40. The largest absolute Gasteiger partial charge is 0.496 e. The normalized spacial score (nSPS) is 21.8.